The van der Waals surface area contributed by atoms with E-state index < -0.39 is 0 Å². The number of ether oxygens (including phenoxy) is 1. The summed E-state index contributed by atoms with van der Waals surface area (Å²) in [6, 6.07) is 5.07. The molecule has 26 heavy (non-hydrogen) atoms. The van der Waals surface area contributed by atoms with Crippen molar-refractivity contribution in [2.24, 2.45) is 0 Å². The number of rotatable bonds is 5. The number of hydrogen-bond donors (Lipinski definition) is 1. The summed E-state index contributed by atoms with van der Waals surface area (Å²) in [5, 5.41) is 13.4. The highest BCUT2D eigenvalue weighted by molar-refractivity contribution is 5.95. The largest absolute Gasteiger partial charge is 0.383 e. The van der Waals surface area contributed by atoms with Gasteiger partial charge in [-0.25, -0.2) is 4.39 Å². The van der Waals surface area contributed by atoms with Crippen LogP contribution in [-0.2, 0) is 4.74 Å². The van der Waals surface area contributed by atoms with E-state index in [-0.39, 0.29) is 18.0 Å². The van der Waals surface area contributed by atoms with Gasteiger partial charge in [-0.15, -0.1) is 0 Å². The summed E-state index contributed by atoms with van der Waals surface area (Å²) in [6.07, 6.45) is 3.00. The molecule has 0 amide bonds. The summed E-state index contributed by atoms with van der Waals surface area (Å²) in [4.78, 5) is 6.72. The molecule has 0 saturated carbocycles. The summed E-state index contributed by atoms with van der Waals surface area (Å²) in [5.41, 5.74) is 2.60. The van der Waals surface area contributed by atoms with E-state index in [0.717, 1.165) is 37.1 Å². The van der Waals surface area contributed by atoms with Crippen molar-refractivity contribution in [3.63, 3.8) is 0 Å². The second kappa shape index (κ2) is 7.98. The minimum absolute atomic E-state index is 0.256. The van der Waals surface area contributed by atoms with Gasteiger partial charge in [-0.05, 0) is 44.9 Å². The van der Waals surface area contributed by atoms with Crippen molar-refractivity contribution in [1.29, 1.82) is 5.26 Å². The number of halogens is 1. The van der Waals surface area contributed by atoms with Crippen LogP contribution in [0.25, 0.3) is 10.9 Å². The number of nitriles is 1. The number of hydrogen-bond acceptors (Lipinski definition) is 5. The van der Waals surface area contributed by atoms with Crippen molar-refractivity contribution < 1.29 is 9.13 Å². The Morgan fingerprint density at radius 2 is 2.08 bits per heavy atom. The molecule has 6 heteroatoms. The average Bonchev–Trinajstić information content (AvgIpc) is 2.57. The van der Waals surface area contributed by atoms with Crippen molar-refractivity contribution in [2.75, 3.05) is 31.5 Å². The van der Waals surface area contributed by atoms with Crippen molar-refractivity contribution in [2.45, 2.75) is 39.4 Å². The number of nitrogens with one attached hydrogen (secondary N) is 1. The third-order valence-corrected chi connectivity index (χ3v) is 4.70. The Bertz CT molecular complexity index is 823. The highest BCUT2D eigenvalue weighted by atomic mass is 19.1. The van der Waals surface area contributed by atoms with E-state index in [1.165, 1.54) is 12.1 Å². The standard InChI is InChI=1S/C20H25FN4O/c1-13-7-17(21)8-18-19(13)24-10-16(9-22)20(18)23-5-4-6-25-11-14(2)26-15(3)12-25/h7-8,10,14-15H,4-6,11-12H2,1-3H3,(H,23,24). The zero-order valence-corrected chi connectivity index (χ0v) is 15.6. The number of nitrogens with zero attached hydrogens (tertiary/aromatic N) is 3. The maximum Gasteiger partial charge on any atom is 0.124 e. The molecule has 0 radical (unpaired) electrons. The van der Waals surface area contributed by atoms with Crippen LogP contribution in [-0.4, -0.2) is 48.3 Å². The average molecular weight is 356 g/mol. The summed E-state index contributed by atoms with van der Waals surface area (Å²) in [6.45, 7) is 9.58. The van der Waals surface area contributed by atoms with Gasteiger partial charge in [0, 0.05) is 37.8 Å². The van der Waals surface area contributed by atoms with E-state index in [2.05, 4.69) is 35.1 Å². The van der Waals surface area contributed by atoms with Gasteiger partial charge in [0.15, 0.2) is 0 Å². The van der Waals surface area contributed by atoms with Gasteiger partial charge < -0.3 is 10.1 Å². The number of morpholine rings is 1. The lowest BCUT2D eigenvalue weighted by Crippen LogP contribution is -2.45. The predicted molar refractivity (Wildman–Crippen MR) is 101 cm³/mol. The first-order valence-corrected chi connectivity index (χ1v) is 9.08. The van der Waals surface area contributed by atoms with E-state index in [1.807, 2.05) is 6.92 Å². The monoisotopic (exact) mass is 356 g/mol. The van der Waals surface area contributed by atoms with Crippen LogP contribution in [0.2, 0.25) is 0 Å². The Morgan fingerprint density at radius 1 is 1.35 bits per heavy atom. The number of aromatic nitrogens is 1. The zero-order valence-electron chi connectivity index (χ0n) is 15.6. The highest BCUT2D eigenvalue weighted by Gasteiger charge is 2.21. The van der Waals surface area contributed by atoms with Gasteiger partial charge in [-0.3, -0.25) is 9.88 Å². The fourth-order valence-corrected chi connectivity index (χ4v) is 3.69. The first-order valence-electron chi connectivity index (χ1n) is 9.08. The van der Waals surface area contributed by atoms with Crippen LogP contribution in [0, 0.1) is 24.1 Å². The predicted octanol–water partition coefficient (Wildman–Crippen LogP) is 3.47. The van der Waals surface area contributed by atoms with E-state index in [9.17, 15) is 9.65 Å². The van der Waals surface area contributed by atoms with Crippen molar-refractivity contribution >= 4 is 16.6 Å². The van der Waals surface area contributed by atoms with Crippen LogP contribution in [0.3, 0.4) is 0 Å². The molecule has 1 aliphatic rings. The molecule has 1 fully saturated rings. The Kier molecular flexibility index (Phi) is 5.70. The third-order valence-electron chi connectivity index (χ3n) is 4.70. The van der Waals surface area contributed by atoms with Gasteiger partial charge in [-0.2, -0.15) is 5.26 Å². The Balaban J connectivity index is 1.69. The van der Waals surface area contributed by atoms with Gasteiger partial charge in [0.1, 0.15) is 11.9 Å². The molecule has 138 valence electrons. The van der Waals surface area contributed by atoms with Gasteiger partial charge in [0.05, 0.1) is 29.0 Å². The normalized spacial score (nSPS) is 20.9. The maximum absolute atomic E-state index is 13.9. The lowest BCUT2D eigenvalue weighted by atomic mass is 10.1. The molecule has 0 spiro atoms. The number of benzene rings is 1. The molecule has 3 rings (SSSR count). The molecular formula is C20H25FN4O. The summed E-state index contributed by atoms with van der Waals surface area (Å²) in [5.74, 6) is -0.314. The van der Waals surface area contributed by atoms with Crippen molar-refractivity contribution in [3.8, 4) is 6.07 Å². The molecule has 2 unspecified atom stereocenters. The van der Waals surface area contributed by atoms with Crippen LogP contribution < -0.4 is 5.32 Å². The van der Waals surface area contributed by atoms with E-state index in [0.29, 0.717) is 23.2 Å². The number of anilines is 1. The van der Waals surface area contributed by atoms with Crippen LogP contribution in [0.4, 0.5) is 10.1 Å². The minimum Gasteiger partial charge on any atom is -0.383 e. The summed E-state index contributed by atoms with van der Waals surface area (Å²) >= 11 is 0. The van der Waals surface area contributed by atoms with Gasteiger partial charge in [0.25, 0.3) is 0 Å². The maximum atomic E-state index is 13.9. The molecule has 1 aliphatic heterocycles. The molecule has 1 aromatic heterocycles. The molecule has 2 heterocycles. The van der Waals surface area contributed by atoms with Gasteiger partial charge in [-0.1, -0.05) is 0 Å². The SMILES string of the molecule is Cc1cc(F)cc2c(NCCCN3CC(C)OC(C)C3)c(C#N)cnc12. The van der Waals surface area contributed by atoms with Crippen molar-refractivity contribution in [1.82, 2.24) is 9.88 Å². The van der Waals surface area contributed by atoms with Crippen LogP contribution in [0.15, 0.2) is 18.3 Å². The zero-order chi connectivity index (χ0) is 18.7. The molecule has 0 aliphatic carbocycles. The molecule has 1 aromatic carbocycles. The molecule has 1 N–H and O–H groups in total. The van der Waals surface area contributed by atoms with E-state index in [1.54, 1.807) is 6.20 Å². The fourth-order valence-electron chi connectivity index (χ4n) is 3.69. The molecule has 0 bridgehead atoms. The highest BCUT2D eigenvalue weighted by Crippen LogP contribution is 2.28. The fraction of sp³-hybridized carbons (Fsp3) is 0.500. The second-order valence-corrected chi connectivity index (χ2v) is 7.07. The first kappa shape index (κ1) is 18.6. The van der Waals surface area contributed by atoms with Crippen LogP contribution in [0.5, 0.6) is 0 Å². The topological polar surface area (TPSA) is 61.2 Å². The lowest BCUT2D eigenvalue weighted by Gasteiger charge is -2.35. The van der Waals surface area contributed by atoms with Crippen LogP contribution in [0.1, 0.15) is 31.4 Å². The molecule has 2 atom stereocenters. The second-order valence-electron chi connectivity index (χ2n) is 7.07. The van der Waals surface area contributed by atoms with Gasteiger partial charge in [0.2, 0.25) is 0 Å². The molecular weight excluding hydrogens is 331 g/mol. The third kappa shape index (κ3) is 4.12. The molecule has 2 aromatic rings. The number of pyridine rings is 1. The number of aryl methyl sites for hydroxylation is 1. The number of fused-ring (bicyclic) bond motifs is 1. The van der Waals surface area contributed by atoms with Crippen LogP contribution >= 0.6 is 0 Å². The quantitative estimate of drug-likeness (QED) is 0.831. The van der Waals surface area contributed by atoms with E-state index in [4.69, 9.17) is 4.74 Å². The molecule has 1 saturated heterocycles. The molecule has 5 nitrogen and oxygen atoms in total. The van der Waals surface area contributed by atoms with Gasteiger partial charge >= 0.3 is 0 Å². The summed E-state index contributed by atoms with van der Waals surface area (Å²) in [7, 11) is 0. The first-order chi connectivity index (χ1) is 12.5. The van der Waals surface area contributed by atoms with Crippen molar-refractivity contribution in [3.05, 3.63) is 35.3 Å². The minimum atomic E-state index is -0.314. The Morgan fingerprint density at radius 3 is 2.77 bits per heavy atom. The Hall–Kier alpha value is -2.23. The Labute approximate surface area is 153 Å². The lowest BCUT2D eigenvalue weighted by molar-refractivity contribution is -0.0678. The smallest absolute Gasteiger partial charge is 0.124 e. The van der Waals surface area contributed by atoms with E-state index >= 15 is 0 Å². The summed E-state index contributed by atoms with van der Waals surface area (Å²) < 4.78 is 19.6.